The smallest absolute Gasteiger partial charge is 0.141 e. The highest BCUT2D eigenvalue weighted by Crippen LogP contribution is 2.20. The molecule has 1 aromatic heterocycles. The second-order valence-electron chi connectivity index (χ2n) is 4.85. The monoisotopic (exact) mass is 265 g/mol. The molecule has 3 nitrogen and oxygen atoms in total. The molecule has 0 saturated heterocycles. The van der Waals surface area contributed by atoms with E-state index >= 15 is 0 Å². The molecule has 1 rings (SSSR count). The highest BCUT2D eigenvalue weighted by atomic mass is 19.1. The first-order valence-corrected chi connectivity index (χ1v) is 6.82. The molecule has 0 saturated carbocycles. The standard InChI is InChI=1S/C15H24FN3/c1-5-7-17-10-13-9-14(16)11-18-15(13)19(8-6-2)12(3)4/h6,9,11-12,17H,2,5,7-8,10H2,1,3-4H3. The second kappa shape index (κ2) is 7.89. The highest BCUT2D eigenvalue weighted by molar-refractivity contribution is 5.48. The molecule has 0 fully saturated rings. The zero-order chi connectivity index (χ0) is 14.3. The van der Waals surface area contributed by atoms with Crippen LogP contribution in [-0.2, 0) is 6.54 Å². The Morgan fingerprint density at radius 1 is 1.53 bits per heavy atom. The third-order valence-electron chi connectivity index (χ3n) is 2.87. The summed E-state index contributed by atoms with van der Waals surface area (Å²) in [5, 5.41) is 3.30. The fraction of sp³-hybridized carbons (Fsp3) is 0.533. The van der Waals surface area contributed by atoms with Crippen LogP contribution in [0.2, 0.25) is 0 Å². The lowest BCUT2D eigenvalue weighted by Crippen LogP contribution is -2.33. The molecule has 0 unspecified atom stereocenters. The third kappa shape index (κ3) is 4.63. The van der Waals surface area contributed by atoms with Gasteiger partial charge in [0.25, 0.3) is 0 Å². The number of pyridine rings is 1. The summed E-state index contributed by atoms with van der Waals surface area (Å²) < 4.78 is 13.4. The first-order chi connectivity index (χ1) is 9.10. The first kappa shape index (κ1) is 15.6. The van der Waals surface area contributed by atoms with Crippen LogP contribution in [0.5, 0.6) is 0 Å². The molecule has 0 spiro atoms. The first-order valence-electron chi connectivity index (χ1n) is 6.82. The molecule has 0 aliphatic rings. The van der Waals surface area contributed by atoms with E-state index < -0.39 is 0 Å². The fourth-order valence-electron chi connectivity index (χ4n) is 1.94. The van der Waals surface area contributed by atoms with Crippen LogP contribution in [0.25, 0.3) is 0 Å². The second-order valence-corrected chi connectivity index (χ2v) is 4.85. The van der Waals surface area contributed by atoms with Crippen molar-refractivity contribution in [3.05, 3.63) is 36.3 Å². The van der Waals surface area contributed by atoms with E-state index in [4.69, 9.17) is 0 Å². The molecular formula is C15H24FN3. The number of hydrogen-bond donors (Lipinski definition) is 1. The van der Waals surface area contributed by atoms with Crippen molar-refractivity contribution >= 4 is 5.82 Å². The summed E-state index contributed by atoms with van der Waals surface area (Å²) in [6, 6.07) is 1.85. The molecule has 1 heterocycles. The van der Waals surface area contributed by atoms with E-state index in [1.54, 1.807) is 6.07 Å². The van der Waals surface area contributed by atoms with Gasteiger partial charge in [-0.2, -0.15) is 0 Å². The van der Waals surface area contributed by atoms with E-state index in [1.807, 2.05) is 6.08 Å². The van der Waals surface area contributed by atoms with E-state index in [2.05, 4.69) is 42.6 Å². The van der Waals surface area contributed by atoms with E-state index in [0.717, 1.165) is 24.3 Å². The van der Waals surface area contributed by atoms with Gasteiger partial charge in [0.2, 0.25) is 0 Å². The van der Waals surface area contributed by atoms with Gasteiger partial charge in [0.05, 0.1) is 6.20 Å². The van der Waals surface area contributed by atoms with E-state index in [0.29, 0.717) is 19.1 Å². The Bertz CT molecular complexity index is 404. The molecule has 106 valence electrons. The van der Waals surface area contributed by atoms with Gasteiger partial charge in [-0.1, -0.05) is 13.0 Å². The maximum Gasteiger partial charge on any atom is 0.141 e. The third-order valence-corrected chi connectivity index (χ3v) is 2.87. The number of anilines is 1. The lowest BCUT2D eigenvalue weighted by Gasteiger charge is -2.28. The summed E-state index contributed by atoms with van der Waals surface area (Å²) in [6.07, 6.45) is 4.17. The Kier molecular flexibility index (Phi) is 6.50. The number of nitrogens with zero attached hydrogens (tertiary/aromatic N) is 2. The maximum atomic E-state index is 13.4. The van der Waals surface area contributed by atoms with Gasteiger partial charge in [-0.3, -0.25) is 0 Å². The molecule has 0 radical (unpaired) electrons. The Morgan fingerprint density at radius 2 is 2.26 bits per heavy atom. The van der Waals surface area contributed by atoms with Crippen molar-refractivity contribution in [1.29, 1.82) is 0 Å². The van der Waals surface area contributed by atoms with Gasteiger partial charge >= 0.3 is 0 Å². The Balaban J connectivity index is 2.98. The molecule has 0 amide bonds. The minimum atomic E-state index is -0.292. The number of hydrogen-bond acceptors (Lipinski definition) is 3. The van der Waals surface area contributed by atoms with Crippen LogP contribution in [-0.4, -0.2) is 24.1 Å². The number of aromatic nitrogens is 1. The lowest BCUT2D eigenvalue weighted by molar-refractivity contribution is 0.606. The summed E-state index contributed by atoms with van der Waals surface area (Å²) in [5.74, 6) is 0.541. The molecule has 0 aliphatic heterocycles. The van der Waals surface area contributed by atoms with Gasteiger partial charge < -0.3 is 10.2 Å². The normalized spacial score (nSPS) is 10.8. The average Bonchev–Trinajstić information content (AvgIpc) is 2.37. The topological polar surface area (TPSA) is 28.2 Å². The SMILES string of the molecule is C=CCN(c1ncc(F)cc1CNCCC)C(C)C. The minimum absolute atomic E-state index is 0.292. The molecule has 0 atom stereocenters. The number of rotatable bonds is 8. The van der Waals surface area contributed by atoms with Gasteiger partial charge in [0.15, 0.2) is 0 Å². The predicted octanol–water partition coefficient (Wildman–Crippen LogP) is 3.12. The highest BCUT2D eigenvalue weighted by Gasteiger charge is 2.15. The lowest BCUT2D eigenvalue weighted by atomic mass is 10.2. The van der Waals surface area contributed by atoms with Crippen LogP contribution < -0.4 is 10.2 Å². The van der Waals surface area contributed by atoms with Crippen molar-refractivity contribution < 1.29 is 4.39 Å². The maximum absolute atomic E-state index is 13.4. The van der Waals surface area contributed by atoms with E-state index in [-0.39, 0.29) is 5.82 Å². The molecule has 1 N–H and O–H groups in total. The van der Waals surface area contributed by atoms with Crippen LogP contribution in [0, 0.1) is 5.82 Å². The van der Waals surface area contributed by atoms with Crippen LogP contribution in [0.3, 0.4) is 0 Å². The zero-order valence-corrected chi connectivity index (χ0v) is 12.1. The Hall–Kier alpha value is -1.42. The van der Waals surface area contributed by atoms with Gasteiger partial charge in [0, 0.05) is 24.7 Å². The van der Waals surface area contributed by atoms with Crippen LogP contribution in [0.4, 0.5) is 10.2 Å². The Morgan fingerprint density at radius 3 is 2.84 bits per heavy atom. The molecule has 0 aliphatic carbocycles. The van der Waals surface area contributed by atoms with Crippen molar-refractivity contribution in [3.63, 3.8) is 0 Å². The molecular weight excluding hydrogens is 241 g/mol. The van der Waals surface area contributed by atoms with Crippen LogP contribution in [0.1, 0.15) is 32.8 Å². The summed E-state index contributed by atoms with van der Waals surface area (Å²) in [7, 11) is 0. The molecule has 0 bridgehead atoms. The van der Waals surface area contributed by atoms with Gasteiger partial charge in [-0.25, -0.2) is 9.37 Å². The summed E-state index contributed by atoms with van der Waals surface area (Å²) in [4.78, 5) is 6.38. The van der Waals surface area contributed by atoms with Gasteiger partial charge in [-0.05, 0) is 32.9 Å². The average molecular weight is 265 g/mol. The number of halogens is 1. The van der Waals surface area contributed by atoms with Crippen molar-refractivity contribution in [3.8, 4) is 0 Å². The van der Waals surface area contributed by atoms with Crippen molar-refractivity contribution in [2.45, 2.75) is 39.8 Å². The van der Waals surface area contributed by atoms with Gasteiger partial charge in [-0.15, -0.1) is 6.58 Å². The summed E-state index contributed by atoms with van der Waals surface area (Å²) in [5.41, 5.74) is 0.893. The van der Waals surface area contributed by atoms with E-state index in [9.17, 15) is 4.39 Å². The minimum Gasteiger partial charge on any atom is -0.350 e. The molecule has 1 aromatic rings. The predicted molar refractivity (Wildman–Crippen MR) is 78.9 cm³/mol. The van der Waals surface area contributed by atoms with Crippen LogP contribution >= 0.6 is 0 Å². The fourth-order valence-corrected chi connectivity index (χ4v) is 1.94. The summed E-state index contributed by atoms with van der Waals surface area (Å²) >= 11 is 0. The zero-order valence-electron chi connectivity index (χ0n) is 12.1. The Labute approximate surface area is 115 Å². The quantitative estimate of drug-likeness (QED) is 0.578. The molecule has 19 heavy (non-hydrogen) atoms. The number of nitrogens with one attached hydrogen (secondary N) is 1. The van der Waals surface area contributed by atoms with E-state index in [1.165, 1.54) is 6.20 Å². The van der Waals surface area contributed by atoms with Crippen molar-refractivity contribution in [2.75, 3.05) is 18.0 Å². The van der Waals surface area contributed by atoms with Crippen molar-refractivity contribution in [1.82, 2.24) is 10.3 Å². The molecule has 4 heteroatoms. The summed E-state index contributed by atoms with van der Waals surface area (Å²) in [6.45, 7) is 12.3. The van der Waals surface area contributed by atoms with Crippen molar-refractivity contribution in [2.24, 2.45) is 0 Å². The largest absolute Gasteiger partial charge is 0.350 e. The van der Waals surface area contributed by atoms with Gasteiger partial charge in [0.1, 0.15) is 11.6 Å². The van der Waals surface area contributed by atoms with Crippen LogP contribution in [0.15, 0.2) is 24.9 Å². The molecule has 0 aromatic carbocycles.